The zero-order valence-electron chi connectivity index (χ0n) is 31.0. The van der Waals surface area contributed by atoms with E-state index in [0.717, 1.165) is 32.5 Å². The molecule has 0 N–H and O–H groups in total. The molecule has 2 atom stereocenters. The average molecular weight is 646 g/mol. The second kappa shape index (κ2) is 21.8. The van der Waals surface area contributed by atoms with Gasteiger partial charge in [0.1, 0.15) is 0 Å². The third-order valence-corrected chi connectivity index (χ3v) is 12.0. The molecular formula is C41H75NO4. The molecule has 0 amide bonds. The number of hydrogen-bond donors (Lipinski definition) is 0. The molecule has 46 heavy (non-hydrogen) atoms. The number of esters is 2. The zero-order valence-corrected chi connectivity index (χ0v) is 31.0. The molecule has 4 aliphatic rings. The van der Waals surface area contributed by atoms with Gasteiger partial charge < -0.3 is 14.4 Å². The summed E-state index contributed by atoms with van der Waals surface area (Å²) in [5, 5.41) is 0. The lowest BCUT2D eigenvalue weighted by Gasteiger charge is -2.61. The van der Waals surface area contributed by atoms with Gasteiger partial charge in [0.05, 0.1) is 13.2 Å². The molecule has 0 aromatic carbocycles. The number of ether oxygens (including phenoxy) is 2. The standard InChI is InChI=1S/C41H75NO4/c1-5-9-11-13-15-17-19-22-35(23-20-18-16-14-12-10-6-2)27-39(44)46-34-41-30-36-26-37(31-41)29-40(28-36,32-41)33-45-38(43)24-21-25-42(7-3)8-4/h35-37H,5-34H2,1-4H3. The van der Waals surface area contributed by atoms with E-state index in [9.17, 15) is 9.59 Å². The number of carbonyl (C=O) groups excluding carboxylic acids is 2. The quantitative estimate of drug-likeness (QED) is 0.0626. The first-order valence-corrected chi connectivity index (χ1v) is 20.4. The van der Waals surface area contributed by atoms with E-state index in [0.29, 0.717) is 43.8 Å². The van der Waals surface area contributed by atoms with Gasteiger partial charge in [-0.2, -0.15) is 0 Å². The number of unbranched alkanes of at least 4 members (excludes halogenated alkanes) is 12. The summed E-state index contributed by atoms with van der Waals surface area (Å²) < 4.78 is 12.2. The van der Waals surface area contributed by atoms with E-state index in [4.69, 9.17) is 9.47 Å². The van der Waals surface area contributed by atoms with Crippen LogP contribution in [0.15, 0.2) is 0 Å². The lowest BCUT2D eigenvalue weighted by atomic mass is 9.44. The van der Waals surface area contributed by atoms with Crippen molar-refractivity contribution in [3.63, 3.8) is 0 Å². The molecule has 2 unspecified atom stereocenters. The SMILES string of the molecule is CCCCCCCCCC(CCCCCCCCC)CC(=O)OCC12CC3CC(CC(COC(=O)CCCN(CC)CC)(C3)C1)C2. The molecule has 268 valence electrons. The van der Waals surface area contributed by atoms with Crippen molar-refractivity contribution in [2.45, 2.75) is 188 Å². The van der Waals surface area contributed by atoms with Gasteiger partial charge in [0.2, 0.25) is 0 Å². The summed E-state index contributed by atoms with van der Waals surface area (Å²) in [5.41, 5.74) is 0.198. The second-order valence-electron chi connectivity index (χ2n) is 16.3. The summed E-state index contributed by atoms with van der Waals surface area (Å²) in [5.74, 6) is 1.88. The highest BCUT2D eigenvalue weighted by Crippen LogP contribution is 2.65. The lowest BCUT2D eigenvalue weighted by Crippen LogP contribution is -2.55. The van der Waals surface area contributed by atoms with Crippen molar-refractivity contribution in [1.82, 2.24) is 4.90 Å². The van der Waals surface area contributed by atoms with Crippen molar-refractivity contribution >= 4 is 11.9 Å². The van der Waals surface area contributed by atoms with Crippen LogP contribution in [-0.2, 0) is 19.1 Å². The minimum atomic E-state index is -0.0312. The number of nitrogens with zero attached hydrogens (tertiary/aromatic N) is 1. The Labute approximate surface area is 285 Å². The maximum absolute atomic E-state index is 13.4. The molecule has 4 aliphatic carbocycles. The monoisotopic (exact) mass is 646 g/mol. The van der Waals surface area contributed by atoms with Crippen LogP contribution >= 0.6 is 0 Å². The summed E-state index contributed by atoms with van der Waals surface area (Å²) in [6, 6.07) is 0. The van der Waals surface area contributed by atoms with Gasteiger partial charge in [-0.25, -0.2) is 0 Å². The minimum absolute atomic E-state index is 0.0312. The van der Waals surface area contributed by atoms with E-state index < -0.39 is 0 Å². The first-order chi connectivity index (χ1) is 22.3. The fraction of sp³-hybridized carbons (Fsp3) is 0.951. The summed E-state index contributed by atoms with van der Waals surface area (Å²) in [4.78, 5) is 28.4. The predicted molar refractivity (Wildman–Crippen MR) is 192 cm³/mol. The van der Waals surface area contributed by atoms with E-state index >= 15 is 0 Å². The van der Waals surface area contributed by atoms with Crippen LogP contribution in [0.3, 0.4) is 0 Å². The Bertz CT molecular complexity index is 806. The van der Waals surface area contributed by atoms with Crippen molar-refractivity contribution in [2.24, 2.45) is 28.6 Å². The van der Waals surface area contributed by atoms with E-state index in [1.165, 1.54) is 135 Å². The van der Waals surface area contributed by atoms with E-state index in [1.54, 1.807) is 0 Å². The zero-order chi connectivity index (χ0) is 33.1. The first-order valence-electron chi connectivity index (χ1n) is 20.4. The highest BCUT2D eigenvalue weighted by atomic mass is 16.5. The Hall–Kier alpha value is -1.10. The molecule has 0 radical (unpaired) electrons. The first kappa shape index (κ1) is 39.3. The summed E-state index contributed by atoms with van der Waals surface area (Å²) in [6.07, 6.45) is 30.1. The Balaban J connectivity index is 1.45. The van der Waals surface area contributed by atoms with Gasteiger partial charge in [-0.1, -0.05) is 118 Å². The third kappa shape index (κ3) is 14.2. The molecule has 4 fully saturated rings. The van der Waals surface area contributed by atoms with Crippen LogP contribution in [0.5, 0.6) is 0 Å². The largest absolute Gasteiger partial charge is 0.465 e. The van der Waals surface area contributed by atoms with Crippen molar-refractivity contribution in [3.05, 3.63) is 0 Å². The Morgan fingerprint density at radius 3 is 1.57 bits per heavy atom. The molecule has 5 heteroatoms. The molecule has 5 nitrogen and oxygen atoms in total. The molecule has 4 bridgehead atoms. The molecule has 0 heterocycles. The van der Waals surface area contributed by atoms with Crippen molar-refractivity contribution in [1.29, 1.82) is 0 Å². The van der Waals surface area contributed by atoms with Gasteiger partial charge in [0, 0.05) is 23.7 Å². The molecule has 0 aromatic rings. The third-order valence-electron chi connectivity index (χ3n) is 12.0. The number of carbonyl (C=O) groups is 2. The Kier molecular flexibility index (Phi) is 18.6. The second-order valence-corrected chi connectivity index (χ2v) is 16.3. The fourth-order valence-corrected chi connectivity index (χ4v) is 9.94. The molecular weight excluding hydrogens is 570 g/mol. The van der Waals surface area contributed by atoms with Crippen LogP contribution in [0.4, 0.5) is 0 Å². The summed E-state index contributed by atoms with van der Waals surface area (Å²) in [6.45, 7) is 13.1. The van der Waals surface area contributed by atoms with Crippen molar-refractivity contribution in [3.8, 4) is 0 Å². The smallest absolute Gasteiger partial charge is 0.306 e. The Morgan fingerprint density at radius 1 is 0.630 bits per heavy atom. The van der Waals surface area contributed by atoms with E-state index in [-0.39, 0.29) is 22.8 Å². The van der Waals surface area contributed by atoms with Crippen LogP contribution in [0.2, 0.25) is 0 Å². The van der Waals surface area contributed by atoms with Gasteiger partial charge >= 0.3 is 11.9 Å². The summed E-state index contributed by atoms with van der Waals surface area (Å²) >= 11 is 0. The predicted octanol–water partition coefficient (Wildman–Crippen LogP) is 11.1. The normalized spacial score (nSPS) is 25.1. The van der Waals surface area contributed by atoms with Crippen LogP contribution in [-0.4, -0.2) is 49.7 Å². The molecule has 4 rings (SSSR count). The molecule has 0 aromatic heterocycles. The van der Waals surface area contributed by atoms with Crippen LogP contribution < -0.4 is 0 Å². The van der Waals surface area contributed by atoms with E-state index in [2.05, 4.69) is 32.6 Å². The van der Waals surface area contributed by atoms with Crippen LogP contribution in [0, 0.1) is 28.6 Å². The number of rotatable bonds is 28. The molecule has 4 saturated carbocycles. The molecule has 0 aliphatic heterocycles. The van der Waals surface area contributed by atoms with Crippen LogP contribution in [0.1, 0.15) is 188 Å². The van der Waals surface area contributed by atoms with Gasteiger partial charge in [-0.3, -0.25) is 9.59 Å². The highest BCUT2D eigenvalue weighted by molar-refractivity contribution is 5.70. The van der Waals surface area contributed by atoms with Gasteiger partial charge in [-0.05, 0) is 95.2 Å². The van der Waals surface area contributed by atoms with E-state index in [1.807, 2.05) is 0 Å². The lowest BCUT2D eigenvalue weighted by molar-refractivity contribution is -0.178. The van der Waals surface area contributed by atoms with Gasteiger partial charge in [0.15, 0.2) is 0 Å². The van der Waals surface area contributed by atoms with Gasteiger partial charge in [-0.15, -0.1) is 0 Å². The highest BCUT2D eigenvalue weighted by Gasteiger charge is 2.58. The molecule has 0 saturated heterocycles. The maximum Gasteiger partial charge on any atom is 0.306 e. The average Bonchev–Trinajstić information content (AvgIpc) is 3.03. The van der Waals surface area contributed by atoms with Crippen LogP contribution in [0.25, 0.3) is 0 Å². The maximum atomic E-state index is 13.4. The topological polar surface area (TPSA) is 55.8 Å². The number of hydrogen-bond acceptors (Lipinski definition) is 5. The molecule has 0 spiro atoms. The Morgan fingerprint density at radius 2 is 1.09 bits per heavy atom. The fourth-order valence-electron chi connectivity index (χ4n) is 9.94. The summed E-state index contributed by atoms with van der Waals surface area (Å²) in [7, 11) is 0. The van der Waals surface area contributed by atoms with Gasteiger partial charge in [0.25, 0.3) is 0 Å². The van der Waals surface area contributed by atoms with Crippen molar-refractivity contribution < 1.29 is 19.1 Å². The van der Waals surface area contributed by atoms with Crippen molar-refractivity contribution in [2.75, 3.05) is 32.8 Å². The minimum Gasteiger partial charge on any atom is -0.465 e.